The lowest BCUT2D eigenvalue weighted by Crippen LogP contribution is -2.36. The molecular formula is C16H17N3O3S. The second-order valence-electron chi connectivity index (χ2n) is 5.95. The number of amides is 1. The van der Waals surface area contributed by atoms with E-state index in [9.17, 15) is 14.7 Å². The zero-order chi connectivity index (χ0) is 16.6. The van der Waals surface area contributed by atoms with Gasteiger partial charge in [-0.25, -0.2) is 4.79 Å². The van der Waals surface area contributed by atoms with Crippen molar-refractivity contribution in [1.82, 2.24) is 9.78 Å². The Bertz CT molecular complexity index is 744. The average Bonchev–Trinajstić information content (AvgIpc) is 3.13. The van der Waals surface area contributed by atoms with Gasteiger partial charge in [0.2, 0.25) is 5.91 Å². The van der Waals surface area contributed by atoms with Crippen LogP contribution in [0.4, 0.5) is 5.69 Å². The molecule has 0 saturated heterocycles. The number of hydrogen-bond donors (Lipinski definition) is 2. The third-order valence-electron chi connectivity index (χ3n) is 3.89. The van der Waals surface area contributed by atoms with Crippen LogP contribution < -0.4 is 5.32 Å². The monoisotopic (exact) mass is 331 g/mol. The Hall–Kier alpha value is -2.28. The van der Waals surface area contributed by atoms with Gasteiger partial charge in [-0.2, -0.15) is 5.10 Å². The van der Waals surface area contributed by atoms with Gasteiger partial charge in [-0.15, -0.1) is 11.8 Å². The molecule has 1 aliphatic heterocycles. The molecule has 3 rings (SSSR count). The highest BCUT2D eigenvalue weighted by Gasteiger charge is 2.31. The summed E-state index contributed by atoms with van der Waals surface area (Å²) in [6.45, 7) is 3.11. The smallest absolute Gasteiger partial charge is 0.331 e. The van der Waals surface area contributed by atoms with Gasteiger partial charge in [0.05, 0.1) is 17.1 Å². The maximum absolute atomic E-state index is 12.4. The lowest BCUT2D eigenvalue weighted by molar-refractivity contribution is -0.146. The van der Waals surface area contributed by atoms with Crippen molar-refractivity contribution in [1.29, 1.82) is 0 Å². The number of fused-ring (bicyclic) bond motifs is 1. The molecule has 1 amide bonds. The van der Waals surface area contributed by atoms with Crippen LogP contribution in [0.25, 0.3) is 0 Å². The summed E-state index contributed by atoms with van der Waals surface area (Å²) in [6.07, 6.45) is 3.70. The first-order valence-corrected chi connectivity index (χ1v) is 8.10. The van der Waals surface area contributed by atoms with Crippen LogP contribution in [0.15, 0.2) is 41.6 Å². The summed E-state index contributed by atoms with van der Waals surface area (Å²) in [5, 5.41) is 15.9. The summed E-state index contributed by atoms with van der Waals surface area (Å²) in [5.74, 6) is -1.08. The average molecular weight is 331 g/mol. The Balaban J connectivity index is 1.68. The minimum atomic E-state index is -1.17. The van der Waals surface area contributed by atoms with E-state index < -0.39 is 11.5 Å². The van der Waals surface area contributed by atoms with Gasteiger partial charge in [0.15, 0.2) is 5.54 Å². The van der Waals surface area contributed by atoms with Crippen LogP contribution in [-0.4, -0.2) is 32.0 Å². The molecule has 0 bridgehead atoms. The predicted molar refractivity (Wildman–Crippen MR) is 87.6 cm³/mol. The molecule has 1 atom stereocenters. The molecule has 0 fully saturated rings. The number of benzene rings is 1. The summed E-state index contributed by atoms with van der Waals surface area (Å²) in [4.78, 5) is 24.8. The number of nitrogens with zero attached hydrogens (tertiary/aromatic N) is 2. The normalized spacial score (nSPS) is 16.9. The van der Waals surface area contributed by atoms with E-state index in [-0.39, 0.29) is 11.2 Å². The molecule has 1 unspecified atom stereocenters. The fraction of sp³-hybridized carbons (Fsp3) is 0.312. The Labute approximate surface area is 137 Å². The van der Waals surface area contributed by atoms with Crippen molar-refractivity contribution < 1.29 is 14.7 Å². The minimum absolute atomic E-state index is 0.0983. The molecule has 0 saturated carbocycles. The highest BCUT2D eigenvalue weighted by atomic mass is 32.2. The topological polar surface area (TPSA) is 84.2 Å². The second kappa shape index (κ2) is 5.73. The highest BCUT2D eigenvalue weighted by Crippen LogP contribution is 2.37. The SMILES string of the molecule is CC(C)(C(=O)O)n1cc(NC(=O)C2Cc3ccccc3S2)cn1. The van der Waals surface area contributed by atoms with E-state index in [0.717, 1.165) is 4.90 Å². The third kappa shape index (κ3) is 2.96. The fourth-order valence-electron chi connectivity index (χ4n) is 2.34. The number of nitrogens with one attached hydrogen (secondary N) is 1. The molecule has 0 aliphatic carbocycles. The number of carboxylic acid groups (broad SMARTS) is 1. The molecule has 6 nitrogen and oxygen atoms in total. The van der Waals surface area contributed by atoms with Gasteiger partial charge in [0, 0.05) is 11.1 Å². The van der Waals surface area contributed by atoms with Crippen LogP contribution in [0.3, 0.4) is 0 Å². The van der Waals surface area contributed by atoms with Crippen LogP contribution in [0, 0.1) is 0 Å². The number of hydrogen-bond acceptors (Lipinski definition) is 4. The van der Waals surface area contributed by atoms with Crippen LogP contribution in [0.1, 0.15) is 19.4 Å². The highest BCUT2D eigenvalue weighted by molar-refractivity contribution is 8.01. The molecule has 2 N–H and O–H groups in total. The van der Waals surface area contributed by atoms with E-state index in [4.69, 9.17) is 0 Å². The number of carbonyl (C=O) groups is 2. The van der Waals surface area contributed by atoms with Crippen molar-refractivity contribution in [3.8, 4) is 0 Å². The maximum Gasteiger partial charge on any atom is 0.331 e. The Morgan fingerprint density at radius 3 is 2.83 bits per heavy atom. The van der Waals surface area contributed by atoms with E-state index in [0.29, 0.717) is 12.1 Å². The molecule has 7 heteroatoms. The Morgan fingerprint density at radius 2 is 2.13 bits per heavy atom. The van der Waals surface area contributed by atoms with E-state index in [1.807, 2.05) is 24.3 Å². The molecule has 2 heterocycles. The van der Waals surface area contributed by atoms with E-state index in [1.54, 1.807) is 31.8 Å². The van der Waals surface area contributed by atoms with Crippen molar-refractivity contribution in [3.05, 3.63) is 42.2 Å². The van der Waals surface area contributed by atoms with Gasteiger partial charge >= 0.3 is 5.97 Å². The molecule has 1 aliphatic rings. The maximum atomic E-state index is 12.4. The van der Waals surface area contributed by atoms with Crippen molar-refractivity contribution in [2.45, 2.75) is 36.0 Å². The largest absolute Gasteiger partial charge is 0.479 e. The summed E-state index contributed by atoms with van der Waals surface area (Å²) < 4.78 is 1.33. The van der Waals surface area contributed by atoms with Gasteiger partial charge in [-0.1, -0.05) is 18.2 Å². The van der Waals surface area contributed by atoms with E-state index in [1.165, 1.54) is 16.4 Å². The Morgan fingerprint density at radius 1 is 1.39 bits per heavy atom. The number of thioether (sulfide) groups is 1. The molecule has 1 aromatic heterocycles. The second-order valence-corrected chi connectivity index (χ2v) is 7.19. The van der Waals surface area contributed by atoms with Crippen molar-refractivity contribution in [3.63, 3.8) is 0 Å². The van der Waals surface area contributed by atoms with Gasteiger partial charge in [-0.05, 0) is 31.9 Å². The third-order valence-corrected chi connectivity index (χ3v) is 5.20. The number of rotatable bonds is 4. The molecule has 0 spiro atoms. The standard InChI is InChI=1S/C16H17N3O3S/c1-16(2,15(21)22)19-9-11(8-17-19)18-14(20)13-7-10-5-3-4-6-12(10)23-13/h3-6,8-9,13H,7H2,1-2H3,(H,18,20)(H,21,22). The fourth-order valence-corrected chi connectivity index (χ4v) is 3.54. The molecule has 120 valence electrons. The molecule has 1 aromatic carbocycles. The molecule has 23 heavy (non-hydrogen) atoms. The van der Waals surface area contributed by atoms with E-state index >= 15 is 0 Å². The predicted octanol–water partition coefficient (Wildman–Crippen LogP) is 2.36. The number of aromatic nitrogens is 2. The van der Waals surface area contributed by atoms with Gasteiger partial charge < -0.3 is 10.4 Å². The lowest BCUT2D eigenvalue weighted by Gasteiger charge is -2.19. The summed E-state index contributed by atoms with van der Waals surface area (Å²) in [6, 6.07) is 7.98. The van der Waals surface area contributed by atoms with Gasteiger partial charge in [0.25, 0.3) is 0 Å². The number of carboxylic acids is 1. The first-order chi connectivity index (χ1) is 10.9. The van der Waals surface area contributed by atoms with Crippen LogP contribution in [-0.2, 0) is 21.5 Å². The minimum Gasteiger partial charge on any atom is -0.479 e. The molecule has 0 radical (unpaired) electrons. The van der Waals surface area contributed by atoms with Crippen LogP contribution in [0.5, 0.6) is 0 Å². The first kappa shape index (κ1) is 15.6. The number of carbonyl (C=O) groups excluding carboxylic acids is 1. The summed E-state index contributed by atoms with van der Waals surface area (Å²) in [5.41, 5.74) is 0.516. The summed E-state index contributed by atoms with van der Waals surface area (Å²) >= 11 is 1.55. The van der Waals surface area contributed by atoms with Gasteiger partial charge in [0.1, 0.15) is 0 Å². The number of aliphatic carboxylic acids is 1. The van der Waals surface area contributed by atoms with E-state index in [2.05, 4.69) is 10.4 Å². The zero-order valence-electron chi connectivity index (χ0n) is 12.8. The zero-order valence-corrected chi connectivity index (χ0v) is 13.6. The first-order valence-electron chi connectivity index (χ1n) is 7.22. The molecular weight excluding hydrogens is 314 g/mol. The number of anilines is 1. The van der Waals surface area contributed by atoms with Crippen molar-refractivity contribution >= 4 is 29.3 Å². The molecule has 2 aromatic rings. The Kier molecular flexibility index (Phi) is 3.89. The van der Waals surface area contributed by atoms with Gasteiger partial charge in [-0.3, -0.25) is 9.48 Å². The van der Waals surface area contributed by atoms with Crippen LogP contribution in [0.2, 0.25) is 0 Å². The van der Waals surface area contributed by atoms with Crippen molar-refractivity contribution in [2.75, 3.05) is 5.32 Å². The van der Waals surface area contributed by atoms with Crippen LogP contribution >= 0.6 is 11.8 Å². The van der Waals surface area contributed by atoms with Crippen molar-refractivity contribution in [2.24, 2.45) is 0 Å². The summed E-state index contributed by atoms with van der Waals surface area (Å²) in [7, 11) is 0. The lowest BCUT2D eigenvalue weighted by atomic mass is 10.1. The quantitative estimate of drug-likeness (QED) is 0.898.